The molecule has 0 aliphatic carbocycles. The first-order chi connectivity index (χ1) is 17.5. The molecule has 176 valence electrons. The molecule has 36 heavy (non-hydrogen) atoms. The molecule has 0 unspecified atom stereocenters. The Kier molecular flexibility index (Phi) is 6.05. The lowest BCUT2D eigenvalue weighted by atomic mass is 9.90. The van der Waals surface area contributed by atoms with Crippen LogP contribution in [0.1, 0.15) is 39.3 Å². The third-order valence-electron chi connectivity index (χ3n) is 6.32. The van der Waals surface area contributed by atoms with Crippen LogP contribution in [0.3, 0.4) is 0 Å². The van der Waals surface area contributed by atoms with Crippen molar-refractivity contribution in [3.8, 4) is 11.9 Å². The normalized spacial score (nSPS) is 11.0. The molecule has 1 N–H and O–H groups in total. The number of carbonyl (C=O) groups excluding carboxylic acids is 1. The molecular formula is C30H25N5O. The summed E-state index contributed by atoms with van der Waals surface area (Å²) in [6, 6.07) is 27.5. The highest BCUT2D eigenvalue weighted by atomic mass is 16.2. The molecule has 0 radical (unpaired) electrons. The van der Waals surface area contributed by atoms with Gasteiger partial charge in [0.2, 0.25) is 5.91 Å². The van der Waals surface area contributed by atoms with E-state index in [1.54, 1.807) is 0 Å². The van der Waals surface area contributed by atoms with E-state index in [2.05, 4.69) is 35.5 Å². The van der Waals surface area contributed by atoms with E-state index in [1.807, 2.05) is 80.6 Å². The number of nitrogens with one attached hydrogen (secondary N) is 1. The summed E-state index contributed by atoms with van der Waals surface area (Å²) in [5.41, 5.74) is 6.12. The highest BCUT2D eigenvalue weighted by molar-refractivity contribution is 5.98. The van der Waals surface area contributed by atoms with Gasteiger partial charge in [0.05, 0.1) is 17.6 Å². The van der Waals surface area contributed by atoms with Gasteiger partial charge in [0.1, 0.15) is 11.6 Å². The molecule has 0 bridgehead atoms. The van der Waals surface area contributed by atoms with Gasteiger partial charge in [0, 0.05) is 5.39 Å². The molecule has 2 heterocycles. The van der Waals surface area contributed by atoms with Gasteiger partial charge in [-0.1, -0.05) is 72.3 Å². The van der Waals surface area contributed by atoms with Crippen molar-refractivity contribution in [1.29, 1.82) is 5.26 Å². The summed E-state index contributed by atoms with van der Waals surface area (Å²) >= 11 is 0. The lowest BCUT2D eigenvalue weighted by molar-refractivity contribution is -0.116. The van der Waals surface area contributed by atoms with Crippen molar-refractivity contribution < 1.29 is 4.79 Å². The number of hydrogen-bond donors (Lipinski definition) is 1. The minimum absolute atomic E-state index is 0.255. The number of carbonyl (C=O) groups is 1. The molecule has 5 aromatic rings. The van der Waals surface area contributed by atoms with E-state index in [4.69, 9.17) is 4.98 Å². The summed E-state index contributed by atoms with van der Waals surface area (Å²) in [6.45, 7) is 6.12. The Morgan fingerprint density at radius 2 is 1.56 bits per heavy atom. The van der Waals surface area contributed by atoms with Crippen molar-refractivity contribution in [2.24, 2.45) is 0 Å². The molecule has 0 spiro atoms. The zero-order chi connectivity index (χ0) is 25.2. The minimum atomic E-state index is -0.557. The van der Waals surface area contributed by atoms with Gasteiger partial charge in [0.25, 0.3) is 0 Å². The molecule has 1 amide bonds. The number of aromatic nitrogens is 3. The number of aryl methyl sites for hydroxylation is 3. The van der Waals surface area contributed by atoms with Crippen LogP contribution in [0.15, 0.2) is 85.1 Å². The van der Waals surface area contributed by atoms with E-state index in [0.29, 0.717) is 11.6 Å². The summed E-state index contributed by atoms with van der Waals surface area (Å²) in [7, 11) is 0. The second kappa shape index (κ2) is 9.47. The fraction of sp³-hybridized carbons (Fsp3) is 0.133. The summed E-state index contributed by atoms with van der Waals surface area (Å²) in [4.78, 5) is 18.6. The average Bonchev–Trinajstić information content (AvgIpc) is 3.28. The number of benzene rings is 3. The summed E-state index contributed by atoms with van der Waals surface area (Å²) < 4.78 is 1.54. The van der Waals surface area contributed by atoms with Gasteiger partial charge in [0.15, 0.2) is 11.6 Å². The monoisotopic (exact) mass is 471 g/mol. The number of anilines is 1. The van der Waals surface area contributed by atoms with Gasteiger partial charge in [-0.3, -0.25) is 4.79 Å². The maximum Gasteiger partial charge on any atom is 0.237 e. The predicted octanol–water partition coefficient (Wildman–Crippen LogP) is 5.99. The van der Waals surface area contributed by atoms with Crippen LogP contribution in [-0.2, 0) is 4.79 Å². The highest BCUT2D eigenvalue weighted by Crippen LogP contribution is 2.29. The Balaban J connectivity index is 1.60. The van der Waals surface area contributed by atoms with E-state index in [1.165, 1.54) is 16.4 Å². The van der Waals surface area contributed by atoms with E-state index in [0.717, 1.165) is 33.2 Å². The molecule has 6 nitrogen and oxygen atoms in total. The van der Waals surface area contributed by atoms with Crippen LogP contribution in [-0.4, -0.2) is 20.7 Å². The molecule has 0 aliphatic heterocycles. The second-order valence-electron chi connectivity index (χ2n) is 8.95. The zero-order valence-corrected chi connectivity index (χ0v) is 20.4. The number of hydrogen-bond acceptors (Lipinski definition) is 4. The van der Waals surface area contributed by atoms with E-state index < -0.39 is 5.92 Å². The largest absolute Gasteiger partial charge is 0.309 e. The Hall–Kier alpha value is -4.76. The summed E-state index contributed by atoms with van der Waals surface area (Å²) in [5.74, 6) is 0.0314. The Morgan fingerprint density at radius 3 is 2.17 bits per heavy atom. The van der Waals surface area contributed by atoms with Crippen molar-refractivity contribution in [3.63, 3.8) is 0 Å². The van der Waals surface area contributed by atoms with Crippen molar-refractivity contribution in [2.75, 3.05) is 5.32 Å². The fourth-order valence-electron chi connectivity index (χ4n) is 4.63. The zero-order valence-electron chi connectivity index (χ0n) is 20.4. The molecule has 0 saturated heterocycles. The molecule has 0 aliphatic rings. The maximum atomic E-state index is 13.8. The van der Waals surface area contributed by atoms with E-state index >= 15 is 0 Å². The van der Waals surface area contributed by atoms with Crippen molar-refractivity contribution in [2.45, 2.75) is 26.7 Å². The van der Waals surface area contributed by atoms with Gasteiger partial charge in [-0.05, 0) is 55.2 Å². The first-order valence-corrected chi connectivity index (χ1v) is 11.7. The van der Waals surface area contributed by atoms with Gasteiger partial charge >= 0.3 is 0 Å². The number of rotatable bonds is 5. The van der Waals surface area contributed by atoms with Gasteiger partial charge in [-0.15, -0.1) is 0 Å². The molecule has 5 rings (SSSR count). The fourth-order valence-corrected chi connectivity index (χ4v) is 4.63. The molecule has 0 saturated carbocycles. The van der Waals surface area contributed by atoms with Crippen LogP contribution in [0.2, 0.25) is 0 Å². The van der Waals surface area contributed by atoms with Crippen LogP contribution >= 0.6 is 0 Å². The van der Waals surface area contributed by atoms with Crippen LogP contribution in [0, 0.1) is 32.1 Å². The molecule has 0 atom stereocenters. The Labute approximate surface area is 209 Å². The van der Waals surface area contributed by atoms with E-state index in [-0.39, 0.29) is 11.5 Å². The number of amides is 1. The maximum absolute atomic E-state index is 13.8. The Morgan fingerprint density at radius 1 is 0.917 bits per heavy atom. The van der Waals surface area contributed by atoms with Crippen LogP contribution in [0.5, 0.6) is 0 Å². The third-order valence-corrected chi connectivity index (χ3v) is 6.32. The average molecular weight is 472 g/mol. The van der Waals surface area contributed by atoms with Gasteiger partial charge in [-0.2, -0.15) is 15.0 Å². The number of nitrogens with zero attached hydrogens (tertiary/aromatic N) is 4. The smallest absolute Gasteiger partial charge is 0.237 e. The lowest BCUT2D eigenvalue weighted by Gasteiger charge is -2.19. The first kappa shape index (κ1) is 23.0. The van der Waals surface area contributed by atoms with Crippen molar-refractivity contribution in [1.82, 2.24) is 14.8 Å². The third kappa shape index (κ3) is 4.23. The van der Waals surface area contributed by atoms with Crippen molar-refractivity contribution in [3.05, 3.63) is 118 Å². The second-order valence-corrected chi connectivity index (χ2v) is 8.95. The minimum Gasteiger partial charge on any atom is -0.309 e. The predicted molar refractivity (Wildman–Crippen MR) is 141 cm³/mol. The lowest BCUT2D eigenvalue weighted by Crippen LogP contribution is -2.24. The summed E-state index contributed by atoms with van der Waals surface area (Å²) in [5, 5.41) is 18.3. The quantitative estimate of drug-likeness (QED) is 0.341. The Bertz CT molecular complexity index is 1580. The molecule has 6 heteroatoms. The number of nitriles is 1. The van der Waals surface area contributed by atoms with Crippen LogP contribution in [0.4, 0.5) is 5.82 Å². The number of fused-ring (bicyclic) bond motifs is 1. The van der Waals surface area contributed by atoms with Crippen molar-refractivity contribution >= 4 is 22.6 Å². The topological polar surface area (TPSA) is 83.6 Å². The van der Waals surface area contributed by atoms with E-state index in [9.17, 15) is 10.1 Å². The van der Waals surface area contributed by atoms with Crippen LogP contribution in [0.25, 0.3) is 16.7 Å². The van der Waals surface area contributed by atoms with Gasteiger partial charge < -0.3 is 5.32 Å². The SMILES string of the molecule is Cc1cc(C)c2nc(-n3ncc(C#N)c3NC(=O)C(c3ccccc3)c3ccccc3)cc(C)c2c1. The molecular weight excluding hydrogens is 446 g/mol. The molecule has 2 aromatic heterocycles. The standard InChI is InChI=1S/C30H25N5O/c1-19-14-21(3)28-25(15-19)20(2)16-26(33-28)35-29(24(17-31)18-32-35)34-30(36)27(22-10-6-4-7-11-22)23-12-8-5-9-13-23/h4-16,18,27H,1-3H3,(H,34,36). The van der Waals surface area contributed by atoms with Crippen LogP contribution < -0.4 is 5.32 Å². The molecule has 0 fully saturated rings. The number of pyridine rings is 1. The molecule has 3 aromatic carbocycles. The summed E-state index contributed by atoms with van der Waals surface area (Å²) in [6.07, 6.45) is 1.46. The first-order valence-electron chi connectivity index (χ1n) is 11.7. The van der Waals surface area contributed by atoms with Gasteiger partial charge in [-0.25, -0.2) is 4.98 Å². The highest BCUT2D eigenvalue weighted by Gasteiger charge is 2.26.